The zero-order chi connectivity index (χ0) is 15.2. The molecule has 1 fully saturated rings. The number of aromatic nitrogens is 2. The van der Waals surface area contributed by atoms with E-state index >= 15 is 0 Å². The second kappa shape index (κ2) is 8.08. The molecule has 0 amide bonds. The third-order valence-electron chi connectivity index (χ3n) is 4.50. The van der Waals surface area contributed by atoms with Gasteiger partial charge in [0, 0.05) is 25.5 Å². The van der Waals surface area contributed by atoms with Gasteiger partial charge in [0.2, 0.25) is 5.95 Å². The first kappa shape index (κ1) is 16.7. The lowest BCUT2D eigenvalue weighted by Gasteiger charge is -2.34. The van der Waals surface area contributed by atoms with Gasteiger partial charge in [0.1, 0.15) is 0 Å². The summed E-state index contributed by atoms with van der Waals surface area (Å²) in [4.78, 5) is 13.3. The Morgan fingerprint density at radius 3 is 2.29 bits per heavy atom. The van der Waals surface area contributed by atoms with Gasteiger partial charge < -0.3 is 9.80 Å². The van der Waals surface area contributed by atoms with Crippen molar-refractivity contribution in [1.29, 1.82) is 0 Å². The monoisotopic (exact) mass is 354 g/mol. The summed E-state index contributed by atoms with van der Waals surface area (Å²) in [5.74, 6) is 1.76. The van der Waals surface area contributed by atoms with E-state index in [0.717, 1.165) is 16.3 Å². The number of anilines is 1. The van der Waals surface area contributed by atoms with Crippen molar-refractivity contribution in [2.75, 3.05) is 32.6 Å². The molecule has 1 aromatic rings. The fraction of sp³-hybridized carbons (Fsp3) is 0.750. The van der Waals surface area contributed by atoms with E-state index in [0.29, 0.717) is 6.04 Å². The number of halogens is 1. The van der Waals surface area contributed by atoms with Gasteiger partial charge in [0.25, 0.3) is 0 Å². The molecule has 0 radical (unpaired) electrons. The van der Waals surface area contributed by atoms with Crippen LogP contribution < -0.4 is 4.90 Å². The Bertz CT molecular complexity index is 413. The first-order chi connectivity index (χ1) is 10.1. The minimum absolute atomic E-state index is 0.594. The van der Waals surface area contributed by atoms with Gasteiger partial charge in [0.15, 0.2) is 0 Å². The standard InChI is InChI=1S/C16H27BrN4/c1-20(2)10-4-5-13-6-8-15(9-7-13)21(3)16-18-11-14(17)12-19-16/h11-13,15H,4-10H2,1-3H3. The molecule has 21 heavy (non-hydrogen) atoms. The van der Waals surface area contributed by atoms with Gasteiger partial charge in [-0.05, 0) is 81.0 Å². The molecule has 2 rings (SSSR count). The molecule has 0 N–H and O–H groups in total. The van der Waals surface area contributed by atoms with Crippen LogP contribution in [-0.2, 0) is 0 Å². The van der Waals surface area contributed by atoms with E-state index in [2.05, 4.69) is 56.8 Å². The quantitative estimate of drug-likeness (QED) is 0.781. The number of hydrogen-bond acceptors (Lipinski definition) is 4. The van der Waals surface area contributed by atoms with Crippen molar-refractivity contribution in [2.24, 2.45) is 5.92 Å². The largest absolute Gasteiger partial charge is 0.341 e. The molecule has 0 aliphatic heterocycles. The average Bonchev–Trinajstić information content (AvgIpc) is 2.48. The molecule has 0 saturated heterocycles. The highest BCUT2D eigenvalue weighted by atomic mass is 79.9. The lowest BCUT2D eigenvalue weighted by molar-refractivity contribution is 0.284. The lowest BCUT2D eigenvalue weighted by atomic mass is 9.83. The highest BCUT2D eigenvalue weighted by molar-refractivity contribution is 9.10. The highest BCUT2D eigenvalue weighted by Crippen LogP contribution is 2.31. The third kappa shape index (κ3) is 5.22. The van der Waals surface area contributed by atoms with Crippen LogP contribution >= 0.6 is 15.9 Å². The summed E-state index contributed by atoms with van der Waals surface area (Å²) < 4.78 is 0.934. The van der Waals surface area contributed by atoms with Crippen LogP contribution in [0.4, 0.5) is 5.95 Å². The number of nitrogens with zero attached hydrogens (tertiary/aromatic N) is 4. The van der Waals surface area contributed by atoms with Crippen molar-refractivity contribution in [3.8, 4) is 0 Å². The molecule has 0 bridgehead atoms. The molecule has 0 spiro atoms. The van der Waals surface area contributed by atoms with E-state index in [9.17, 15) is 0 Å². The molecule has 1 aliphatic carbocycles. The van der Waals surface area contributed by atoms with E-state index in [1.54, 1.807) is 0 Å². The summed E-state index contributed by atoms with van der Waals surface area (Å²) in [6.45, 7) is 1.21. The SMILES string of the molecule is CN(C)CCCC1CCC(N(C)c2ncc(Br)cn2)CC1. The van der Waals surface area contributed by atoms with Gasteiger partial charge >= 0.3 is 0 Å². The van der Waals surface area contributed by atoms with E-state index in [1.165, 1.54) is 45.1 Å². The Morgan fingerprint density at radius 2 is 1.71 bits per heavy atom. The second-order valence-corrected chi connectivity index (χ2v) is 7.35. The van der Waals surface area contributed by atoms with Crippen molar-refractivity contribution in [3.63, 3.8) is 0 Å². The van der Waals surface area contributed by atoms with Crippen molar-refractivity contribution in [3.05, 3.63) is 16.9 Å². The van der Waals surface area contributed by atoms with Crippen LogP contribution in [0.3, 0.4) is 0 Å². The highest BCUT2D eigenvalue weighted by Gasteiger charge is 2.25. The predicted molar refractivity (Wildman–Crippen MR) is 91.7 cm³/mol. The number of rotatable bonds is 6. The molecule has 1 saturated carbocycles. The van der Waals surface area contributed by atoms with Crippen LogP contribution in [0.15, 0.2) is 16.9 Å². The molecule has 1 aromatic heterocycles. The average molecular weight is 355 g/mol. The Kier molecular flexibility index (Phi) is 6.42. The Hall–Kier alpha value is -0.680. The summed E-state index contributed by atoms with van der Waals surface area (Å²) in [5, 5.41) is 0. The van der Waals surface area contributed by atoms with E-state index in [4.69, 9.17) is 0 Å². The van der Waals surface area contributed by atoms with Crippen LogP contribution in [-0.4, -0.2) is 48.6 Å². The smallest absolute Gasteiger partial charge is 0.225 e. The Balaban J connectivity index is 1.76. The Labute approximate surface area is 137 Å². The molecule has 0 unspecified atom stereocenters. The van der Waals surface area contributed by atoms with Gasteiger partial charge in [-0.25, -0.2) is 9.97 Å². The Morgan fingerprint density at radius 1 is 1.10 bits per heavy atom. The zero-order valence-electron chi connectivity index (χ0n) is 13.4. The molecular weight excluding hydrogens is 328 g/mol. The molecule has 1 aliphatic rings. The summed E-state index contributed by atoms with van der Waals surface area (Å²) >= 11 is 3.39. The molecular formula is C16H27BrN4. The summed E-state index contributed by atoms with van der Waals surface area (Å²) in [5.41, 5.74) is 0. The molecule has 0 atom stereocenters. The van der Waals surface area contributed by atoms with Crippen molar-refractivity contribution < 1.29 is 0 Å². The van der Waals surface area contributed by atoms with Crippen LogP contribution in [0.2, 0.25) is 0 Å². The second-order valence-electron chi connectivity index (χ2n) is 6.43. The zero-order valence-corrected chi connectivity index (χ0v) is 15.0. The maximum absolute atomic E-state index is 4.40. The van der Waals surface area contributed by atoms with Gasteiger partial charge in [-0.2, -0.15) is 0 Å². The first-order valence-corrected chi connectivity index (χ1v) is 8.70. The van der Waals surface area contributed by atoms with E-state index in [-0.39, 0.29) is 0 Å². The maximum Gasteiger partial charge on any atom is 0.225 e. The van der Waals surface area contributed by atoms with Gasteiger partial charge in [0.05, 0.1) is 4.47 Å². The van der Waals surface area contributed by atoms with E-state index in [1.807, 2.05) is 12.4 Å². The predicted octanol–water partition coefficient (Wildman–Crippen LogP) is 3.58. The summed E-state index contributed by atoms with van der Waals surface area (Å²) in [6, 6.07) is 0.594. The molecule has 4 nitrogen and oxygen atoms in total. The van der Waals surface area contributed by atoms with Crippen LogP contribution in [0.5, 0.6) is 0 Å². The van der Waals surface area contributed by atoms with Crippen LogP contribution in [0.25, 0.3) is 0 Å². The topological polar surface area (TPSA) is 32.3 Å². The van der Waals surface area contributed by atoms with Crippen molar-refractivity contribution in [1.82, 2.24) is 14.9 Å². The summed E-state index contributed by atoms with van der Waals surface area (Å²) in [6.07, 6.45) is 11.6. The summed E-state index contributed by atoms with van der Waals surface area (Å²) in [7, 11) is 6.44. The first-order valence-electron chi connectivity index (χ1n) is 7.91. The minimum Gasteiger partial charge on any atom is -0.341 e. The van der Waals surface area contributed by atoms with E-state index < -0.39 is 0 Å². The van der Waals surface area contributed by atoms with Gasteiger partial charge in [-0.1, -0.05) is 0 Å². The van der Waals surface area contributed by atoms with Crippen molar-refractivity contribution in [2.45, 2.75) is 44.6 Å². The van der Waals surface area contributed by atoms with Crippen LogP contribution in [0, 0.1) is 5.92 Å². The normalized spacial score (nSPS) is 22.5. The van der Waals surface area contributed by atoms with Crippen molar-refractivity contribution >= 4 is 21.9 Å². The molecule has 1 heterocycles. The minimum atomic E-state index is 0.594. The van der Waals surface area contributed by atoms with Gasteiger partial charge in [-0.3, -0.25) is 0 Å². The fourth-order valence-electron chi connectivity index (χ4n) is 3.17. The lowest BCUT2D eigenvalue weighted by Crippen LogP contribution is -2.36. The molecule has 5 heteroatoms. The third-order valence-corrected chi connectivity index (χ3v) is 4.91. The molecule has 0 aromatic carbocycles. The number of hydrogen-bond donors (Lipinski definition) is 0. The maximum atomic E-state index is 4.40. The fourth-order valence-corrected chi connectivity index (χ4v) is 3.37. The molecule has 118 valence electrons. The van der Waals surface area contributed by atoms with Crippen LogP contribution in [0.1, 0.15) is 38.5 Å². The van der Waals surface area contributed by atoms with Gasteiger partial charge in [-0.15, -0.1) is 0 Å².